The molecule has 2 aromatic rings. The van der Waals surface area contributed by atoms with Gasteiger partial charge in [0, 0.05) is 11.6 Å². The Labute approximate surface area is 113 Å². The van der Waals surface area contributed by atoms with Gasteiger partial charge in [0.15, 0.2) is 0 Å². The van der Waals surface area contributed by atoms with Crippen molar-refractivity contribution >= 4 is 17.4 Å². The third-order valence-electron chi connectivity index (χ3n) is 2.75. The zero-order valence-corrected chi connectivity index (χ0v) is 10.5. The third kappa shape index (κ3) is 2.63. The largest absolute Gasteiger partial charge is 0.307 e. The van der Waals surface area contributed by atoms with E-state index in [9.17, 15) is 19.3 Å². The normalized spacial score (nSPS) is 10.3. The first kappa shape index (κ1) is 13.7. The minimum absolute atomic E-state index is 0.271. The van der Waals surface area contributed by atoms with Gasteiger partial charge in [0.25, 0.3) is 11.6 Å². The van der Waals surface area contributed by atoms with Crippen molar-refractivity contribution in [3.05, 3.63) is 51.5 Å². The van der Waals surface area contributed by atoms with Gasteiger partial charge in [0.05, 0.1) is 22.7 Å². The molecule has 0 aliphatic heterocycles. The summed E-state index contributed by atoms with van der Waals surface area (Å²) >= 11 is 0. The molecule has 1 aromatic carbocycles. The van der Waals surface area contributed by atoms with Crippen LogP contribution in [0.2, 0.25) is 0 Å². The lowest BCUT2D eigenvalue weighted by Crippen LogP contribution is -2.15. The van der Waals surface area contributed by atoms with Gasteiger partial charge in [0.2, 0.25) is 0 Å². The maximum Gasteiger partial charge on any atom is 0.272 e. The molecule has 20 heavy (non-hydrogen) atoms. The lowest BCUT2D eigenvalue weighted by molar-refractivity contribution is -0.385. The summed E-state index contributed by atoms with van der Waals surface area (Å²) in [5, 5.41) is 19.4. The quantitative estimate of drug-likeness (QED) is 0.661. The van der Waals surface area contributed by atoms with Crippen molar-refractivity contribution < 1.29 is 14.1 Å². The summed E-state index contributed by atoms with van der Waals surface area (Å²) in [4.78, 5) is 21.7. The molecular formula is C12H11FN4O3. The van der Waals surface area contributed by atoms with Gasteiger partial charge in [0.1, 0.15) is 11.6 Å². The van der Waals surface area contributed by atoms with Crippen LogP contribution in [0.4, 0.5) is 15.9 Å². The van der Waals surface area contributed by atoms with Crippen LogP contribution >= 0.6 is 0 Å². The van der Waals surface area contributed by atoms with Crippen LogP contribution in [-0.2, 0) is 6.42 Å². The van der Waals surface area contributed by atoms with Gasteiger partial charge in [-0.05, 0) is 12.5 Å². The van der Waals surface area contributed by atoms with Crippen molar-refractivity contribution in [3.8, 4) is 0 Å². The Morgan fingerprint density at radius 3 is 2.90 bits per heavy atom. The van der Waals surface area contributed by atoms with Crippen LogP contribution in [0.5, 0.6) is 0 Å². The first-order chi connectivity index (χ1) is 9.52. The molecule has 0 radical (unpaired) electrons. The summed E-state index contributed by atoms with van der Waals surface area (Å²) in [5.74, 6) is -1.26. The summed E-state index contributed by atoms with van der Waals surface area (Å²) in [7, 11) is 0. The maximum atomic E-state index is 13.7. The number of nitro groups is 1. The van der Waals surface area contributed by atoms with Crippen LogP contribution in [0.15, 0.2) is 24.4 Å². The molecule has 0 spiro atoms. The monoisotopic (exact) mass is 278 g/mol. The molecule has 0 atom stereocenters. The van der Waals surface area contributed by atoms with Gasteiger partial charge in [-0.2, -0.15) is 5.10 Å². The minimum Gasteiger partial charge on any atom is -0.307 e. The van der Waals surface area contributed by atoms with Gasteiger partial charge in [-0.25, -0.2) is 4.39 Å². The number of hydrogen-bond donors (Lipinski definition) is 2. The number of nitrogens with zero attached hydrogens (tertiary/aromatic N) is 2. The zero-order valence-electron chi connectivity index (χ0n) is 10.5. The molecule has 1 heterocycles. The molecule has 1 amide bonds. The highest BCUT2D eigenvalue weighted by atomic mass is 19.1. The number of nitrogens with one attached hydrogen (secondary N) is 2. The number of carbonyl (C=O) groups excluding carboxylic acids is 1. The van der Waals surface area contributed by atoms with E-state index >= 15 is 0 Å². The van der Waals surface area contributed by atoms with Crippen molar-refractivity contribution in [3.63, 3.8) is 0 Å². The summed E-state index contributed by atoms with van der Waals surface area (Å²) in [6, 6.07) is 2.86. The number of carbonyl (C=O) groups is 1. The molecule has 8 heteroatoms. The second-order valence-electron chi connectivity index (χ2n) is 4.00. The number of aryl methyl sites for hydroxylation is 1. The predicted octanol–water partition coefficient (Wildman–Crippen LogP) is 2.27. The van der Waals surface area contributed by atoms with Crippen molar-refractivity contribution in [2.24, 2.45) is 0 Å². The van der Waals surface area contributed by atoms with E-state index in [-0.39, 0.29) is 5.56 Å². The molecule has 2 N–H and O–H groups in total. The Morgan fingerprint density at radius 2 is 2.30 bits per heavy atom. The lowest BCUT2D eigenvalue weighted by Gasteiger charge is -2.05. The van der Waals surface area contributed by atoms with Crippen molar-refractivity contribution in [1.29, 1.82) is 0 Å². The van der Waals surface area contributed by atoms with Crippen LogP contribution in [0.25, 0.3) is 0 Å². The number of nitro benzene ring substituents is 1. The third-order valence-corrected chi connectivity index (χ3v) is 2.75. The van der Waals surface area contributed by atoms with Crippen LogP contribution in [-0.4, -0.2) is 21.0 Å². The number of hydrogen-bond acceptors (Lipinski definition) is 4. The van der Waals surface area contributed by atoms with Gasteiger partial charge in [-0.1, -0.05) is 6.92 Å². The average molecular weight is 278 g/mol. The number of aromatic nitrogens is 2. The van der Waals surface area contributed by atoms with E-state index in [0.29, 0.717) is 18.3 Å². The van der Waals surface area contributed by atoms with Crippen LogP contribution in [0, 0.1) is 15.9 Å². The van der Waals surface area contributed by atoms with Gasteiger partial charge < -0.3 is 5.32 Å². The topological polar surface area (TPSA) is 101 Å². The average Bonchev–Trinajstić information content (AvgIpc) is 2.85. The molecule has 0 saturated heterocycles. The molecule has 0 fully saturated rings. The SMILES string of the molecule is CCc1cn[nH]c1NC(=O)c1ccc([N+](=O)[O-])cc1F. The fraction of sp³-hybridized carbons (Fsp3) is 0.167. The fourth-order valence-corrected chi connectivity index (χ4v) is 1.67. The van der Waals surface area contributed by atoms with Crippen LogP contribution < -0.4 is 5.32 Å². The van der Waals surface area contributed by atoms with Crippen molar-refractivity contribution in [2.45, 2.75) is 13.3 Å². The number of non-ortho nitro benzene ring substituents is 1. The van der Waals surface area contributed by atoms with Gasteiger partial charge >= 0.3 is 0 Å². The van der Waals surface area contributed by atoms with E-state index in [4.69, 9.17) is 0 Å². The molecule has 2 rings (SSSR count). The Morgan fingerprint density at radius 1 is 1.55 bits per heavy atom. The number of aromatic amines is 1. The molecule has 104 valence electrons. The van der Waals surface area contributed by atoms with Crippen molar-refractivity contribution in [2.75, 3.05) is 5.32 Å². The van der Waals surface area contributed by atoms with E-state index < -0.39 is 22.3 Å². The summed E-state index contributed by atoms with van der Waals surface area (Å²) in [6.07, 6.45) is 2.21. The number of amides is 1. The Hall–Kier alpha value is -2.77. The number of halogens is 1. The molecule has 0 saturated carbocycles. The Balaban J connectivity index is 2.24. The molecule has 1 aromatic heterocycles. The molecule has 7 nitrogen and oxygen atoms in total. The molecule has 0 unspecified atom stereocenters. The summed E-state index contributed by atoms with van der Waals surface area (Å²) < 4.78 is 13.7. The molecule has 0 aliphatic carbocycles. The van der Waals surface area contributed by atoms with Gasteiger partial charge in [-0.15, -0.1) is 0 Å². The standard InChI is InChI=1S/C12H11FN4O3/c1-2-7-6-14-16-11(7)15-12(18)9-4-3-8(17(19)20)5-10(9)13/h3-6H,2H2,1H3,(H2,14,15,16,18). The highest BCUT2D eigenvalue weighted by Gasteiger charge is 2.17. The van der Waals surface area contributed by atoms with Crippen LogP contribution in [0.3, 0.4) is 0 Å². The highest BCUT2D eigenvalue weighted by molar-refractivity contribution is 6.04. The minimum atomic E-state index is -0.950. The van der Waals surface area contributed by atoms with E-state index in [0.717, 1.165) is 17.7 Å². The maximum absolute atomic E-state index is 13.7. The first-order valence-corrected chi connectivity index (χ1v) is 5.80. The zero-order chi connectivity index (χ0) is 14.7. The van der Waals surface area contributed by atoms with Crippen molar-refractivity contribution in [1.82, 2.24) is 10.2 Å². The Kier molecular flexibility index (Phi) is 3.74. The number of benzene rings is 1. The smallest absolute Gasteiger partial charge is 0.272 e. The second-order valence-corrected chi connectivity index (χ2v) is 4.00. The van der Waals surface area contributed by atoms with E-state index in [2.05, 4.69) is 15.5 Å². The summed E-state index contributed by atoms with van der Waals surface area (Å²) in [5.41, 5.74) is 0.0998. The number of H-pyrrole nitrogens is 1. The number of rotatable bonds is 4. The fourth-order valence-electron chi connectivity index (χ4n) is 1.67. The van der Waals surface area contributed by atoms with Gasteiger partial charge in [-0.3, -0.25) is 20.0 Å². The second kappa shape index (κ2) is 5.47. The number of anilines is 1. The van der Waals surface area contributed by atoms with Crippen LogP contribution in [0.1, 0.15) is 22.8 Å². The molecule has 0 aliphatic rings. The summed E-state index contributed by atoms with van der Waals surface area (Å²) in [6.45, 7) is 1.88. The first-order valence-electron chi connectivity index (χ1n) is 5.80. The van der Waals surface area contributed by atoms with E-state index in [1.807, 2.05) is 6.92 Å². The molecular weight excluding hydrogens is 267 g/mol. The molecule has 0 bridgehead atoms. The highest BCUT2D eigenvalue weighted by Crippen LogP contribution is 2.18. The predicted molar refractivity (Wildman–Crippen MR) is 69.0 cm³/mol. The Bertz CT molecular complexity index is 668. The lowest BCUT2D eigenvalue weighted by atomic mass is 10.1. The van der Waals surface area contributed by atoms with E-state index in [1.54, 1.807) is 6.20 Å². The van der Waals surface area contributed by atoms with E-state index in [1.165, 1.54) is 0 Å².